The molecular weight excluding hydrogens is 370 g/mol. The fourth-order valence-electron chi connectivity index (χ4n) is 3.61. The van der Waals surface area contributed by atoms with Gasteiger partial charge in [-0.1, -0.05) is 109 Å². The summed E-state index contributed by atoms with van der Waals surface area (Å²) in [4.78, 5) is 11.2. The molecule has 0 aromatic rings. The Labute approximate surface area is 178 Å². The Morgan fingerprint density at radius 1 is 0.655 bits per heavy atom. The molecule has 0 amide bonds. The Kier molecular flexibility index (Phi) is 22.6. The lowest BCUT2D eigenvalue weighted by Gasteiger charge is -2.05. The van der Waals surface area contributed by atoms with E-state index < -0.39 is 19.0 Å². The van der Waals surface area contributed by atoms with Crippen LogP contribution in [0, 0.1) is 0 Å². The molecule has 0 aliphatic rings. The Morgan fingerprint density at radius 3 is 1.34 bits per heavy atom. The van der Waals surface area contributed by atoms with Gasteiger partial charge in [0.15, 0.2) is 6.61 Å². The standard InChI is InChI=1S/C25H46F2O2/c1-2-3-4-5-6-7-8-9-10-11-12-13-14-15-16-17-18-19-20-21-22-25(28)29-23-24(26)27/h2,24H,1,3-23H2. The zero-order valence-electron chi connectivity index (χ0n) is 18.8. The quantitative estimate of drug-likeness (QED) is 0.0945. The smallest absolute Gasteiger partial charge is 0.305 e. The zero-order valence-corrected chi connectivity index (χ0v) is 18.8. The van der Waals surface area contributed by atoms with Crippen LogP contribution in [0.25, 0.3) is 0 Å². The van der Waals surface area contributed by atoms with Crippen LogP contribution in [0.1, 0.15) is 128 Å². The minimum absolute atomic E-state index is 0.266. The highest BCUT2D eigenvalue weighted by atomic mass is 19.3. The van der Waals surface area contributed by atoms with E-state index in [1.165, 1.54) is 103 Å². The van der Waals surface area contributed by atoms with E-state index in [4.69, 9.17) is 0 Å². The van der Waals surface area contributed by atoms with Crippen LogP contribution in [0.5, 0.6) is 0 Å². The van der Waals surface area contributed by atoms with Gasteiger partial charge in [0.2, 0.25) is 0 Å². The van der Waals surface area contributed by atoms with Crippen LogP contribution < -0.4 is 0 Å². The molecule has 0 aromatic heterocycles. The average molecular weight is 417 g/mol. The first-order valence-corrected chi connectivity index (χ1v) is 12.2. The molecule has 0 bridgehead atoms. The van der Waals surface area contributed by atoms with E-state index in [0.29, 0.717) is 0 Å². The minimum atomic E-state index is -2.56. The summed E-state index contributed by atoms with van der Waals surface area (Å²) in [5, 5.41) is 0. The van der Waals surface area contributed by atoms with Gasteiger partial charge in [-0.2, -0.15) is 0 Å². The van der Waals surface area contributed by atoms with Crippen molar-refractivity contribution in [2.75, 3.05) is 6.61 Å². The molecule has 0 unspecified atom stereocenters. The first kappa shape index (κ1) is 28.1. The number of allylic oxidation sites excluding steroid dienone is 1. The number of esters is 1. The molecule has 0 saturated carbocycles. The van der Waals surface area contributed by atoms with E-state index in [2.05, 4.69) is 11.3 Å². The number of rotatable bonds is 23. The lowest BCUT2D eigenvalue weighted by Crippen LogP contribution is -2.11. The van der Waals surface area contributed by atoms with Crippen molar-refractivity contribution in [3.63, 3.8) is 0 Å². The zero-order chi connectivity index (χ0) is 21.4. The van der Waals surface area contributed by atoms with Gasteiger partial charge < -0.3 is 4.74 Å². The van der Waals surface area contributed by atoms with Crippen LogP contribution >= 0.6 is 0 Å². The number of hydrogen-bond donors (Lipinski definition) is 0. The number of alkyl halides is 2. The summed E-state index contributed by atoms with van der Waals surface area (Å²) in [6.07, 6.45) is 24.1. The molecular formula is C25H46F2O2. The number of halogens is 2. The van der Waals surface area contributed by atoms with Gasteiger partial charge in [0.25, 0.3) is 6.43 Å². The molecule has 2 nitrogen and oxygen atoms in total. The number of carbonyl (C=O) groups excluding carboxylic acids is 1. The van der Waals surface area contributed by atoms with Gasteiger partial charge in [0, 0.05) is 6.42 Å². The predicted octanol–water partition coefficient (Wildman–Crippen LogP) is 8.78. The summed E-state index contributed by atoms with van der Waals surface area (Å²) >= 11 is 0. The topological polar surface area (TPSA) is 26.3 Å². The molecule has 0 saturated heterocycles. The molecule has 0 rings (SSSR count). The molecule has 0 aliphatic carbocycles. The molecule has 29 heavy (non-hydrogen) atoms. The van der Waals surface area contributed by atoms with Crippen molar-refractivity contribution in [1.82, 2.24) is 0 Å². The van der Waals surface area contributed by atoms with Crippen LogP contribution in [-0.2, 0) is 9.53 Å². The third-order valence-corrected chi connectivity index (χ3v) is 5.41. The first-order chi connectivity index (χ1) is 14.2. The Hall–Kier alpha value is -0.930. The largest absolute Gasteiger partial charge is 0.460 e. The molecule has 0 aromatic carbocycles. The summed E-state index contributed by atoms with van der Waals surface area (Å²) in [7, 11) is 0. The van der Waals surface area contributed by atoms with E-state index >= 15 is 0 Å². The summed E-state index contributed by atoms with van der Waals surface area (Å²) in [5.41, 5.74) is 0. The maximum Gasteiger partial charge on any atom is 0.305 e. The van der Waals surface area contributed by atoms with E-state index in [9.17, 15) is 13.6 Å². The van der Waals surface area contributed by atoms with Gasteiger partial charge in [-0.05, 0) is 19.3 Å². The minimum Gasteiger partial charge on any atom is -0.460 e. The highest BCUT2D eigenvalue weighted by Gasteiger charge is 2.07. The molecule has 0 radical (unpaired) electrons. The van der Waals surface area contributed by atoms with Crippen molar-refractivity contribution >= 4 is 5.97 Å². The summed E-state index contributed by atoms with van der Waals surface area (Å²) < 4.78 is 28.2. The number of ether oxygens (including phenoxy) is 1. The van der Waals surface area contributed by atoms with Gasteiger partial charge in [-0.25, -0.2) is 8.78 Å². The maximum absolute atomic E-state index is 11.9. The molecule has 0 spiro atoms. The fraction of sp³-hybridized carbons (Fsp3) is 0.880. The van der Waals surface area contributed by atoms with Gasteiger partial charge in [-0.15, -0.1) is 6.58 Å². The average Bonchev–Trinajstić information content (AvgIpc) is 2.70. The van der Waals surface area contributed by atoms with Crippen molar-refractivity contribution in [2.45, 2.75) is 135 Å². The molecule has 172 valence electrons. The second-order valence-corrected chi connectivity index (χ2v) is 8.27. The van der Waals surface area contributed by atoms with Crippen LogP contribution in [0.3, 0.4) is 0 Å². The van der Waals surface area contributed by atoms with Gasteiger partial charge in [0.1, 0.15) is 0 Å². The van der Waals surface area contributed by atoms with Gasteiger partial charge >= 0.3 is 5.97 Å². The van der Waals surface area contributed by atoms with Crippen molar-refractivity contribution in [3.8, 4) is 0 Å². The predicted molar refractivity (Wildman–Crippen MR) is 120 cm³/mol. The van der Waals surface area contributed by atoms with Gasteiger partial charge in [0.05, 0.1) is 0 Å². The van der Waals surface area contributed by atoms with Crippen molar-refractivity contribution in [1.29, 1.82) is 0 Å². The number of hydrogen-bond acceptors (Lipinski definition) is 2. The Morgan fingerprint density at radius 2 is 1.00 bits per heavy atom. The van der Waals surface area contributed by atoms with Crippen LogP contribution in [0.15, 0.2) is 12.7 Å². The normalized spacial score (nSPS) is 11.1. The van der Waals surface area contributed by atoms with E-state index in [-0.39, 0.29) is 6.42 Å². The molecule has 0 fully saturated rings. The monoisotopic (exact) mass is 416 g/mol. The van der Waals surface area contributed by atoms with Crippen molar-refractivity contribution < 1.29 is 18.3 Å². The number of unbranched alkanes of at least 4 members (excludes halogenated alkanes) is 18. The SMILES string of the molecule is C=CCCCCCCCCCCCCCCCCCCCCC(=O)OCC(F)F. The summed E-state index contributed by atoms with van der Waals surface area (Å²) in [6.45, 7) is 2.99. The molecule has 0 heterocycles. The highest BCUT2D eigenvalue weighted by molar-refractivity contribution is 5.69. The second-order valence-electron chi connectivity index (χ2n) is 8.27. The fourth-order valence-corrected chi connectivity index (χ4v) is 3.61. The van der Waals surface area contributed by atoms with Crippen molar-refractivity contribution in [2.24, 2.45) is 0 Å². The Balaban J connectivity index is 3.08. The maximum atomic E-state index is 11.9. The van der Waals surface area contributed by atoms with Crippen molar-refractivity contribution in [3.05, 3.63) is 12.7 Å². The summed E-state index contributed by atoms with van der Waals surface area (Å²) in [6, 6.07) is 0. The third kappa shape index (κ3) is 25.0. The van der Waals surface area contributed by atoms with E-state index in [0.717, 1.165) is 19.3 Å². The first-order valence-electron chi connectivity index (χ1n) is 12.2. The molecule has 0 atom stereocenters. The molecule has 0 N–H and O–H groups in total. The summed E-state index contributed by atoms with van der Waals surface area (Å²) in [5.74, 6) is -0.496. The number of carbonyl (C=O) groups is 1. The van der Waals surface area contributed by atoms with Crippen LogP contribution in [0.2, 0.25) is 0 Å². The third-order valence-electron chi connectivity index (χ3n) is 5.41. The molecule has 0 aliphatic heterocycles. The lowest BCUT2D eigenvalue weighted by atomic mass is 10.0. The molecule has 4 heteroatoms. The highest BCUT2D eigenvalue weighted by Crippen LogP contribution is 2.15. The van der Waals surface area contributed by atoms with E-state index in [1.807, 2.05) is 6.08 Å². The van der Waals surface area contributed by atoms with E-state index in [1.54, 1.807) is 0 Å². The van der Waals surface area contributed by atoms with Gasteiger partial charge in [-0.3, -0.25) is 4.79 Å². The Bertz CT molecular complexity index is 359. The second kappa shape index (κ2) is 23.3. The van der Waals surface area contributed by atoms with Crippen LogP contribution in [-0.4, -0.2) is 19.0 Å². The van der Waals surface area contributed by atoms with Crippen LogP contribution in [0.4, 0.5) is 8.78 Å². The lowest BCUT2D eigenvalue weighted by molar-refractivity contribution is -0.147.